The van der Waals surface area contributed by atoms with Crippen molar-refractivity contribution >= 4 is 35.2 Å². The van der Waals surface area contributed by atoms with Crippen molar-refractivity contribution in [2.75, 3.05) is 11.9 Å². The molecule has 0 saturated heterocycles. The fraction of sp³-hybridized carbons (Fsp3) is 0.154. The van der Waals surface area contributed by atoms with Gasteiger partial charge in [-0.2, -0.15) is 0 Å². The first-order chi connectivity index (χ1) is 15.4. The summed E-state index contributed by atoms with van der Waals surface area (Å²) < 4.78 is 10.8. The van der Waals surface area contributed by atoms with E-state index in [1.165, 1.54) is 6.08 Å². The molecule has 5 nitrogen and oxygen atoms in total. The van der Waals surface area contributed by atoms with Crippen molar-refractivity contribution in [3.63, 3.8) is 0 Å². The average Bonchev–Trinajstić information content (AvgIpc) is 2.79. The molecule has 3 rings (SSSR count). The molecule has 1 N–H and O–H groups in total. The van der Waals surface area contributed by atoms with Gasteiger partial charge in [0.05, 0.1) is 0 Å². The zero-order valence-electron chi connectivity index (χ0n) is 17.9. The summed E-state index contributed by atoms with van der Waals surface area (Å²) in [6.07, 6.45) is 2.90. The molecule has 0 saturated carbocycles. The third-order valence-corrected chi connectivity index (χ3v) is 5.24. The van der Waals surface area contributed by atoms with Crippen LogP contribution in [0.2, 0.25) is 5.02 Å². The Hall–Kier alpha value is -3.57. The molecule has 0 aromatic heterocycles. The summed E-state index contributed by atoms with van der Waals surface area (Å²) in [7, 11) is 0. The van der Waals surface area contributed by atoms with E-state index in [1.54, 1.807) is 18.2 Å². The number of nitrogens with one attached hydrogen (secondary N) is 1. The van der Waals surface area contributed by atoms with Crippen LogP contribution in [0.3, 0.4) is 0 Å². The normalized spacial score (nSPS) is 10.7. The van der Waals surface area contributed by atoms with Crippen LogP contribution in [0.15, 0.2) is 72.8 Å². The van der Waals surface area contributed by atoms with E-state index >= 15 is 0 Å². The van der Waals surface area contributed by atoms with Crippen LogP contribution in [-0.2, 0) is 20.9 Å². The van der Waals surface area contributed by atoms with Crippen LogP contribution >= 0.6 is 11.6 Å². The number of anilines is 1. The van der Waals surface area contributed by atoms with E-state index in [1.807, 2.05) is 68.4 Å². The molecule has 1 amide bonds. The molecular formula is C26H24ClNO4. The summed E-state index contributed by atoms with van der Waals surface area (Å²) in [4.78, 5) is 24.0. The second-order valence-electron chi connectivity index (χ2n) is 7.19. The zero-order valence-corrected chi connectivity index (χ0v) is 18.7. The Labute approximate surface area is 192 Å². The summed E-state index contributed by atoms with van der Waals surface area (Å²) in [5.41, 5.74) is 4.46. The molecule has 0 radical (unpaired) electrons. The number of esters is 1. The maximum atomic E-state index is 12.0. The molecule has 6 heteroatoms. The third-order valence-electron chi connectivity index (χ3n) is 4.87. The number of hydrogen-bond donors (Lipinski definition) is 1. The van der Waals surface area contributed by atoms with Crippen molar-refractivity contribution < 1.29 is 19.1 Å². The number of amides is 1. The number of hydrogen-bond acceptors (Lipinski definition) is 4. The maximum absolute atomic E-state index is 12.0. The Bertz CT molecular complexity index is 1120. The molecule has 0 fully saturated rings. The topological polar surface area (TPSA) is 64.6 Å². The predicted molar refractivity (Wildman–Crippen MR) is 127 cm³/mol. The van der Waals surface area contributed by atoms with Crippen LogP contribution in [0.4, 0.5) is 5.69 Å². The largest absolute Gasteiger partial charge is 0.489 e. The highest BCUT2D eigenvalue weighted by atomic mass is 35.5. The number of rotatable bonds is 8. The number of carbonyl (C=O) groups is 2. The Morgan fingerprint density at radius 1 is 0.969 bits per heavy atom. The first-order valence-electron chi connectivity index (χ1n) is 10.1. The molecule has 3 aromatic rings. The monoisotopic (exact) mass is 449 g/mol. The van der Waals surface area contributed by atoms with Gasteiger partial charge in [-0.25, -0.2) is 4.79 Å². The number of aryl methyl sites for hydroxylation is 1. The van der Waals surface area contributed by atoms with Crippen molar-refractivity contribution in [1.29, 1.82) is 0 Å². The van der Waals surface area contributed by atoms with Crippen LogP contribution in [-0.4, -0.2) is 18.5 Å². The SMILES string of the molecule is Cc1cccc(NC(=O)COC(=O)C=Cc2ccc(OCc3ccccc3Cl)cc2)c1C. The third kappa shape index (κ3) is 6.72. The van der Waals surface area contributed by atoms with Gasteiger partial charge in [0.2, 0.25) is 0 Å². The van der Waals surface area contributed by atoms with Crippen molar-refractivity contribution in [2.45, 2.75) is 20.5 Å². The molecule has 0 aliphatic carbocycles. The van der Waals surface area contributed by atoms with Crippen LogP contribution in [0, 0.1) is 13.8 Å². The fourth-order valence-corrected chi connectivity index (χ4v) is 3.06. The van der Waals surface area contributed by atoms with Gasteiger partial charge in [0, 0.05) is 22.3 Å². The smallest absolute Gasteiger partial charge is 0.331 e. The van der Waals surface area contributed by atoms with Gasteiger partial charge in [0.15, 0.2) is 6.61 Å². The van der Waals surface area contributed by atoms with E-state index in [9.17, 15) is 9.59 Å². The second kappa shape index (κ2) is 11.2. The molecule has 0 bridgehead atoms. The number of halogens is 1. The van der Waals surface area contributed by atoms with Gasteiger partial charge < -0.3 is 14.8 Å². The molecule has 0 spiro atoms. The number of benzene rings is 3. The van der Waals surface area contributed by atoms with Gasteiger partial charge in [-0.1, -0.05) is 54.1 Å². The van der Waals surface area contributed by atoms with Gasteiger partial charge in [0.25, 0.3) is 5.91 Å². The van der Waals surface area contributed by atoms with Crippen LogP contribution in [0.25, 0.3) is 6.08 Å². The minimum absolute atomic E-state index is 0.356. The molecule has 0 heterocycles. The molecular weight excluding hydrogens is 426 g/mol. The van der Waals surface area contributed by atoms with Gasteiger partial charge in [0.1, 0.15) is 12.4 Å². The van der Waals surface area contributed by atoms with E-state index in [2.05, 4.69) is 5.32 Å². The summed E-state index contributed by atoms with van der Waals surface area (Å²) in [6.45, 7) is 3.90. The lowest BCUT2D eigenvalue weighted by molar-refractivity contribution is -0.142. The van der Waals surface area contributed by atoms with Crippen LogP contribution in [0.1, 0.15) is 22.3 Å². The minimum Gasteiger partial charge on any atom is -0.489 e. The second-order valence-corrected chi connectivity index (χ2v) is 7.59. The molecule has 0 unspecified atom stereocenters. The number of carbonyl (C=O) groups excluding carboxylic acids is 2. The lowest BCUT2D eigenvalue weighted by Gasteiger charge is -2.10. The van der Waals surface area contributed by atoms with E-state index in [-0.39, 0.29) is 12.5 Å². The van der Waals surface area contributed by atoms with Crippen molar-refractivity contribution in [3.05, 3.63) is 100 Å². The molecule has 164 valence electrons. The Balaban J connectivity index is 1.45. The summed E-state index contributed by atoms with van der Waals surface area (Å²) in [5.74, 6) is -0.298. The average molecular weight is 450 g/mol. The van der Waals surface area contributed by atoms with Gasteiger partial charge in [-0.05, 0) is 60.9 Å². The minimum atomic E-state index is -0.597. The Morgan fingerprint density at radius 2 is 1.72 bits per heavy atom. The van der Waals surface area contributed by atoms with E-state index < -0.39 is 5.97 Å². The maximum Gasteiger partial charge on any atom is 0.331 e. The van der Waals surface area contributed by atoms with E-state index in [0.29, 0.717) is 23.1 Å². The summed E-state index contributed by atoms with van der Waals surface area (Å²) in [5, 5.41) is 3.41. The quantitative estimate of drug-likeness (QED) is 0.352. The molecule has 3 aromatic carbocycles. The molecule has 0 aliphatic heterocycles. The van der Waals surface area contributed by atoms with Gasteiger partial charge >= 0.3 is 5.97 Å². The highest BCUT2D eigenvalue weighted by Gasteiger charge is 2.08. The number of ether oxygens (including phenoxy) is 2. The Kier molecular flexibility index (Phi) is 8.06. The van der Waals surface area contributed by atoms with Gasteiger partial charge in [-0.15, -0.1) is 0 Å². The lowest BCUT2D eigenvalue weighted by Crippen LogP contribution is -2.20. The fourth-order valence-electron chi connectivity index (χ4n) is 2.87. The van der Waals surface area contributed by atoms with Gasteiger partial charge in [-0.3, -0.25) is 4.79 Å². The van der Waals surface area contributed by atoms with Crippen LogP contribution in [0.5, 0.6) is 5.75 Å². The van der Waals surface area contributed by atoms with Crippen LogP contribution < -0.4 is 10.1 Å². The molecule has 0 aliphatic rings. The molecule has 32 heavy (non-hydrogen) atoms. The van der Waals surface area contributed by atoms with Crippen molar-refractivity contribution in [1.82, 2.24) is 0 Å². The predicted octanol–water partition coefficient (Wildman–Crippen LogP) is 5.73. The first-order valence-corrected chi connectivity index (χ1v) is 10.5. The highest BCUT2D eigenvalue weighted by Crippen LogP contribution is 2.20. The van der Waals surface area contributed by atoms with E-state index in [0.717, 1.165) is 22.3 Å². The van der Waals surface area contributed by atoms with E-state index in [4.69, 9.17) is 21.1 Å². The Morgan fingerprint density at radius 3 is 2.47 bits per heavy atom. The first kappa shape index (κ1) is 23.1. The standard InChI is InChI=1S/C26H24ClNO4/c1-18-6-5-9-24(19(18)2)28-25(29)17-32-26(30)15-12-20-10-13-22(14-11-20)31-16-21-7-3-4-8-23(21)27/h3-15H,16-17H2,1-2H3,(H,28,29). The zero-order chi connectivity index (χ0) is 22.9. The summed E-state index contributed by atoms with van der Waals surface area (Å²) in [6, 6.07) is 20.4. The lowest BCUT2D eigenvalue weighted by atomic mass is 10.1. The highest BCUT2D eigenvalue weighted by molar-refractivity contribution is 6.31. The summed E-state index contributed by atoms with van der Waals surface area (Å²) >= 11 is 6.13. The molecule has 0 atom stereocenters. The van der Waals surface area contributed by atoms with Crippen molar-refractivity contribution in [3.8, 4) is 5.75 Å². The van der Waals surface area contributed by atoms with Crippen molar-refractivity contribution in [2.24, 2.45) is 0 Å².